The zero-order valence-corrected chi connectivity index (χ0v) is 10.5. The molecule has 2 amide bonds. The second-order valence-corrected chi connectivity index (χ2v) is 4.48. The number of halogens is 2. The van der Waals surface area contributed by atoms with Gasteiger partial charge in [-0.1, -0.05) is 12.1 Å². The number of carbonyl (C=O) groups is 2. The topological polar surface area (TPSA) is 49.4 Å². The van der Waals surface area contributed by atoms with Crippen LogP contribution in [0.5, 0.6) is 0 Å². The predicted molar refractivity (Wildman–Crippen MR) is 62.5 cm³/mol. The number of nitrogens with zero attached hydrogens (tertiary/aromatic N) is 1. The van der Waals surface area contributed by atoms with Gasteiger partial charge in [-0.2, -0.15) is 0 Å². The molecule has 4 nitrogen and oxygen atoms in total. The van der Waals surface area contributed by atoms with Crippen LogP contribution in [0.2, 0.25) is 0 Å². The molecule has 1 aromatic carbocycles. The Morgan fingerprint density at radius 2 is 1.94 bits per heavy atom. The summed E-state index contributed by atoms with van der Waals surface area (Å²) in [5, 5.41) is 2.70. The third-order valence-corrected chi connectivity index (χ3v) is 3.40. The lowest BCUT2D eigenvalue weighted by molar-refractivity contribution is -0.147. The van der Waals surface area contributed by atoms with E-state index in [1.807, 2.05) is 0 Å². The number of amides is 2. The summed E-state index contributed by atoms with van der Waals surface area (Å²) in [4.78, 5) is 24.2. The second kappa shape index (κ2) is 4.93. The molecule has 1 aliphatic heterocycles. The summed E-state index contributed by atoms with van der Waals surface area (Å²) >= 11 is 3.11. The zero-order chi connectivity index (χ0) is 12.4. The molecule has 0 aliphatic carbocycles. The summed E-state index contributed by atoms with van der Waals surface area (Å²) in [7, 11) is 0. The Hall–Kier alpha value is -1.27. The van der Waals surface area contributed by atoms with Gasteiger partial charge in [0, 0.05) is 0 Å². The van der Waals surface area contributed by atoms with Gasteiger partial charge < -0.3 is 0 Å². The molecule has 0 unspecified atom stereocenters. The molecule has 0 bridgehead atoms. The van der Waals surface area contributed by atoms with Crippen molar-refractivity contribution in [2.45, 2.75) is 6.54 Å². The van der Waals surface area contributed by atoms with E-state index < -0.39 is 5.82 Å². The standard InChI is InChI=1S/C11H10BrFN2O2/c12-11-7(2-1-3-8(11)13)6-15-9(16)4-14-5-10(15)17/h1-3,14H,4-6H2. The molecule has 0 spiro atoms. The van der Waals surface area contributed by atoms with Crippen LogP contribution in [0.4, 0.5) is 4.39 Å². The molecule has 1 fully saturated rings. The number of rotatable bonds is 2. The van der Waals surface area contributed by atoms with Crippen LogP contribution < -0.4 is 5.32 Å². The Labute approximate surface area is 106 Å². The van der Waals surface area contributed by atoms with E-state index in [4.69, 9.17) is 0 Å². The largest absolute Gasteiger partial charge is 0.300 e. The number of carbonyl (C=O) groups excluding carboxylic acids is 2. The van der Waals surface area contributed by atoms with Crippen molar-refractivity contribution in [1.29, 1.82) is 0 Å². The smallest absolute Gasteiger partial charge is 0.243 e. The monoisotopic (exact) mass is 300 g/mol. The molecule has 0 radical (unpaired) electrons. The molecule has 6 heteroatoms. The van der Waals surface area contributed by atoms with Gasteiger partial charge in [0.15, 0.2) is 0 Å². The van der Waals surface area contributed by atoms with Gasteiger partial charge in [-0.15, -0.1) is 0 Å². The minimum atomic E-state index is -0.405. The van der Waals surface area contributed by atoms with Crippen molar-refractivity contribution >= 4 is 27.7 Å². The lowest BCUT2D eigenvalue weighted by Crippen LogP contribution is -2.51. The van der Waals surface area contributed by atoms with E-state index in [0.29, 0.717) is 10.0 Å². The normalized spacial score (nSPS) is 16.5. The maximum atomic E-state index is 13.3. The Kier molecular flexibility index (Phi) is 3.54. The van der Waals surface area contributed by atoms with Crippen LogP contribution in [-0.4, -0.2) is 29.8 Å². The Morgan fingerprint density at radius 3 is 2.59 bits per heavy atom. The maximum Gasteiger partial charge on any atom is 0.243 e. The fraction of sp³-hybridized carbons (Fsp3) is 0.273. The first-order valence-corrected chi connectivity index (χ1v) is 5.85. The molecule has 0 saturated carbocycles. The summed E-state index contributed by atoms with van der Waals surface area (Å²) in [5.41, 5.74) is 0.577. The summed E-state index contributed by atoms with van der Waals surface area (Å²) in [6.07, 6.45) is 0. The Balaban J connectivity index is 2.22. The third-order valence-electron chi connectivity index (χ3n) is 2.51. The number of imide groups is 1. The minimum Gasteiger partial charge on any atom is -0.300 e. The van der Waals surface area contributed by atoms with Crippen LogP contribution >= 0.6 is 15.9 Å². The van der Waals surface area contributed by atoms with E-state index in [1.54, 1.807) is 12.1 Å². The van der Waals surface area contributed by atoms with Crippen LogP contribution in [0.25, 0.3) is 0 Å². The van der Waals surface area contributed by atoms with Crippen molar-refractivity contribution in [3.8, 4) is 0 Å². The first kappa shape index (κ1) is 12.2. The van der Waals surface area contributed by atoms with Gasteiger partial charge in [0.1, 0.15) is 5.82 Å². The van der Waals surface area contributed by atoms with Crippen molar-refractivity contribution in [3.05, 3.63) is 34.1 Å². The van der Waals surface area contributed by atoms with Crippen molar-refractivity contribution in [3.63, 3.8) is 0 Å². The van der Waals surface area contributed by atoms with E-state index in [0.717, 1.165) is 4.90 Å². The molecule has 1 N–H and O–H groups in total. The first-order chi connectivity index (χ1) is 8.09. The fourth-order valence-corrected chi connectivity index (χ4v) is 2.01. The highest BCUT2D eigenvalue weighted by molar-refractivity contribution is 9.10. The molecule has 0 atom stereocenters. The minimum absolute atomic E-state index is 0.0949. The maximum absolute atomic E-state index is 13.3. The highest BCUT2D eigenvalue weighted by atomic mass is 79.9. The highest BCUT2D eigenvalue weighted by Crippen LogP contribution is 2.22. The summed E-state index contributed by atoms with van der Waals surface area (Å²) in [6, 6.07) is 4.54. The van der Waals surface area contributed by atoms with Gasteiger partial charge in [-0.05, 0) is 27.6 Å². The third kappa shape index (κ3) is 2.53. The van der Waals surface area contributed by atoms with Crippen LogP contribution in [0.15, 0.2) is 22.7 Å². The summed E-state index contributed by atoms with van der Waals surface area (Å²) in [6.45, 7) is 0.370. The van der Waals surface area contributed by atoms with Crippen molar-refractivity contribution in [2.75, 3.05) is 13.1 Å². The molecule has 1 saturated heterocycles. The van der Waals surface area contributed by atoms with Crippen LogP contribution in [-0.2, 0) is 16.1 Å². The van der Waals surface area contributed by atoms with Crippen molar-refractivity contribution in [1.82, 2.24) is 10.2 Å². The number of piperazine rings is 1. The second-order valence-electron chi connectivity index (χ2n) is 3.69. The number of nitrogens with one attached hydrogen (secondary N) is 1. The quantitative estimate of drug-likeness (QED) is 0.831. The van der Waals surface area contributed by atoms with E-state index in [1.165, 1.54) is 6.07 Å². The van der Waals surface area contributed by atoms with Gasteiger partial charge in [0.05, 0.1) is 24.1 Å². The van der Waals surface area contributed by atoms with Gasteiger partial charge in [-0.25, -0.2) is 4.39 Å². The molecule has 1 aliphatic rings. The lowest BCUT2D eigenvalue weighted by atomic mass is 10.2. The lowest BCUT2D eigenvalue weighted by Gasteiger charge is -2.25. The van der Waals surface area contributed by atoms with Crippen molar-refractivity contribution in [2.24, 2.45) is 0 Å². The average molecular weight is 301 g/mol. The van der Waals surface area contributed by atoms with Crippen molar-refractivity contribution < 1.29 is 14.0 Å². The molecular formula is C11H10BrFN2O2. The van der Waals surface area contributed by atoms with E-state index >= 15 is 0 Å². The van der Waals surface area contributed by atoms with Gasteiger partial charge in [0.2, 0.25) is 11.8 Å². The molecule has 1 heterocycles. The zero-order valence-electron chi connectivity index (χ0n) is 8.87. The van der Waals surface area contributed by atoms with Gasteiger partial charge in [-0.3, -0.25) is 19.8 Å². The van der Waals surface area contributed by atoms with Gasteiger partial charge in [0.25, 0.3) is 0 Å². The Morgan fingerprint density at radius 1 is 1.29 bits per heavy atom. The highest BCUT2D eigenvalue weighted by Gasteiger charge is 2.26. The molecule has 1 aromatic rings. The van der Waals surface area contributed by atoms with Crippen LogP contribution in [0.3, 0.4) is 0 Å². The fourth-order valence-electron chi connectivity index (χ4n) is 1.62. The SMILES string of the molecule is O=C1CNCC(=O)N1Cc1cccc(F)c1Br. The van der Waals surface area contributed by atoms with E-state index in [2.05, 4.69) is 21.2 Å². The molecule has 17 heavy (non-hydrogen) atoms. The van der Waals surface area contributed by atoms with Crippen LogP contribution in [0, 0.1) is 5.82 Å². The molecule has 90 valence electrons. The summed E-state index contributed by atoms with van der Waals surface area (Å²) < 4.78 is 13.6. The van der Waals surface area contributed by atoms with E-state index in [9.17, 15) is 14.0 Å². The number of benzene rings is 1. The molecular weight excluding hydrogens is 291 g/mol. The number of hydrogen-bond donors (Lipinski definition) is 1. The van der Waals surface area contributed by atoms with Crippen LogP contribution in [0.1, 0.15) is 5.56 Å². The molecule has 0 aromatic heterocycles. The number of hydrogen-bond acceptors (Lipinski definition) is 3. The first-order valence-electron chi connectivity index (χ1n) is 5.06. The predicted octanol–water partition coefficient (Wildman–Crippen LogP) is 1.05. The Bertz CT molecular complexity index is 463. The molecule has 2 rings (SSSR count). The average Bonchev–Trinajstić information content (AvgIpc) is 2.29. The van der Waals surface area contributed by atoms with Gasteiger partial charge >= 0.3 is 0 Å². The van der Waals surface area contributed by atoms with E-state index in [-0.39, 0.29) is 31.4 Å². The summed E-state index contributed by atoms with van der Waals surface area (Å²) in [5.74, 6) is -0.993.